The second-order valence-electron chi connectivity index (χ2n) is 4.77. The van der Waals surface area contributed by atoms with E-state index in [0.717, 1.165) is 25.4 Å². The molecule has 0 fully saturated rings. The summed E-state index contributed by atoms with van der Waals surface area (Å²) in [6.45, 7) is 10.8. The molecule has 2 nitrogen and oxygen atoms in total. The van der Waals surface area contributed by atoms with Crippen molar-refractivity contribution in [1.82, 2.24) is 4.57 Å². The lowest BCUT2D eigenvalue weighted by molar-refractivity contribution is 0.506. The molecule has 0 atom stereocenters. The van der Waals surface area contributed by atoms with Gasteiger partial charge < -0.3 is 10.3 Å². The Bertz CT molecular complexity index is 311. The van der Waals surface area contributed by atoms with Gasteiger partial charge in [-0.05, 0) is 50.8 Å². The molecule has 15 heavy (non-hydrogen) atoms. The topological polar surface area (TPSA) is 30.9 Å². The van der Waals surface area contributed by atoms with E-state index in [-0.39, 0.29) is 0 Å². The molecule has 1 aromatic rings. The van der Waals surface area contributed by atoms with Crippen LogP contribution in [0.1, 0.15) is 37.2 Å². The highest BCUT2D eigenvalue weighted by Gasteiger charge is 2.08. The fourth-order valence-corrected chi connectivity index (χ4v) is 2.01. The van der Waals surface area contributed by atoms with Gasteiger partial charge in [-0.2, -0.15) is 0 Å². The van der Waals surface area contributed by atoms with Crippen molar-refractivity contribution < 1.29 is 0 Å². The second kappa shape index (κ2) is 5.36. The predicted molar refractivity (Wildman–Crippen MR) is 66.1 cm³/mol. The molecular formula is C13H24N2. The third kappa shape index (κ3) is 3.10. The van der Waals surface area contributed by atoms with Crippen LogP contribution in [0.15, 0.2) is 6.07 Å². The lowest BCUT2D eigenvalue weighted by atomic mass is 10.1. The van der Waals surface area contributed by atoms with Gasteiger partial charge in [-0.1, -0.05) is 13.8 Å². The van der Waals surface area contributed by atoms with E-state index >= 15 is 0 Å². The van der Waals surface area contributed by atoms with E-state index in [1.807, 2.05) is 0 Å². The Balaban J connectivity index is 2.78. The van der Waals surface area contributed by atoms with Crippen molar-refractivity contribution >= 4 is 0 Å². The van der Waals surface area contributed by atoms with Gasteiger partial charge in [-0.25, -0.2) is 0 Å². The predicted octanol–water partition coefficient (Wildman–Crippen LogP) is 2.65. The summed E-state index contributed by atoms with van der Waals surface area (Å²) < 4.78 is 2.42. The normalized spacial score (nSPS) is 11.3. The number of hydrogen-bond acceptors (Lipinski definition) is 1. The Morgan fingerprint density at radius 1 is 1.33 bits per heavy atom. The van der Waals surface area contributed by atoms with Gasteiger partial charge in [0.2, 0.25) is 0 Å². The summed E-state index contributed by atoms with van der Waals surface area (Å²) in [7, 11) is 0. The first-order valence-corrected chi connectivity index (χ1v) is 5.92. The van der Waals surface area contributed by atoms with Gasteiger partial charge in [0.15, 0.2) is 0 Å². The van der Waals surface area contributed by atoms with Crippen LogP contribution in [0.5, 0.6) is 0 Å². The zero-order chi connectivity index (χ0) is 11.4. The minimum atomic E-state index is 0.745. The van der Waals surface area contributed by atoms with Crippen LogP contribution in [0.3, 0.4) is 0 Å². The molecule has 1 aromatic heterocycles. The smallest absolute Gasteiger partial charge is 0.0227 e. The molecule has 86 valence electrons. The number of rotatable bonds is 5. The van der Waals surface area contributed by atoms with Gasteiger partial charge in [0, 0.05) is 17.9 Å². The Morgan fingerprint density at radius 2 is 2.00 bits per heavy atom. The van der Waals surface area contributed by atoms with Crippen LogP contribution in [-0.4, -0.2) is 11.1 Å². The average molecular weight is 208 g/mol. The Hall–Kier alpha value is -0.760. The van der Waals surface area contributed by atoms with Crippen LogP contribution in [0.4, 0.5) is 0 Å². The molecule has 1 rings (SSSR count). The molecular weight excluding hydrogens is 184 g/mol. The minimum Gasteiger partial charge on any atom is -0.349 e. The second-order valence-corrected chi connectivity index (χ2v) is 4.77. The molecule has 2 N–H and O–H groups in total. The summed E-state index contributed by atoms with van der Waals surface area (Å²) in [5, 5.41) is 0. The van der Waals surface area contributed by atoms with Gasteiger partial charge in [0.05, 0.1) is 0 Å². The van der Waals surface area contributed by atoms with Gasteiger partial charge in [-0.15, -0.1) is 0 Å². The highest BCUT2D eigenvalue weighted by Crippen LogP contribution is 2.17. The van der Waals surface area contributed by atoms with Crippen molar-refractivity contribution in [3.8, 4) is 0 Å². The van der Waals surface area contributed by atoms with Crippen LogP contribution >= 0.6 is 0 Å². The molecule has 0 saturated heterocycles. The quantitative estimate of drug-likeness (QED) is 0.792. The van der Waals surface area contributed by atoms with Crippen LogP contribution in [0.2, 0.25) is 0 Å². The van der Waals surface area contributed by atoms with Crippen molar-refractivity contribution in [2.24, 2.45) is 11.7 Å². The molecule has 0 aliphatic carbocycles. The van der Waals surface area contributed by atoms with Crippen LogP contribution in [0, 0.1) is 19.8 Å². The lowest BCUT2D eigenvalue weighted by Crippen LogP contribution is -2.07. The average Bonchev–Trinajstić information content (AvgIpc) is 2.40. The molecule has 0 bridgehead atoms. The van der Waals surface area contributed by atoms with Crippen molar-refractivity contribution in [1.29, 1.82) is 0 Å². The molecule has 0 saturated carbocycles. The summed E-state index contributed by atoms with van der Waals surface area (Å²) in [5.41, 5.74) is 9.79. The summed E-state index contributed by atoms with van der Waals surface area (Å²) in [6, 6.07) is 2.28. The van der Waals surface area contributed by atoms with Gasteiger partial charge in [-0.3, -0.25) is 0 Å². The van der Waals surface area contributed by atoms with Crippen molar-refractivity contribution in [3.05, 3.63) is 23.0 Å². The highest BCUT2D eigenvalue weighted by molar-refractivity contribution is 5.26. The van der Waals surface area contributed by atoms with E-state index in [4.69, 9.17) is 5.73 Å². The SMILES string of the molecule is Cc1cc(CCN)c(C)n1CCC(C)C. The third-order valence-electron chi connectivity index (χ3n) is 3.02. The first-order chi connectivity index (χ1) is 7.06. The van der Waals surface area contributed by atoms with Crippen molar-refractivity contribution in [2.45, 2.75) is 47.1 Å². The number of aryl methyl sites for hydroxylation is 1. The van der Waals surface area contributed by atoms with E-state index in [1.54, 1.807) is 0 Å². The van der Waals surface area contributed by atoms with E-state index in [2.05, 4.69) is 38.3 Å². The highest BCUT2D eigenvalue weighted by atomic mass is 15.0. The number of hydrogen-bond donors (Lipinski definition) is 1. The third-order valence-corrected chi connectivity index (χ3v) is 3.02. The van der Waals surface area contributed by atoms with E-state index < -0.39 is 0 Å². The first kappa shape index (κ1) is 12.3. The fourth-order valence-electron chi connectivity index (χ4n) is 2.01. The molecule has 1 heterocycles. The number of nitrogens with zero attached hydrogens (tertiary/aromatic N) is 1. The summed E-state index contributed by atoms with van der Waals surface area (Å²) >= 11 is 0. The summed E-state index contributed by atoms with van der Waals surface area (Å²) in [6.07, 6.45) is 2.25. The number of nitrogens with two attached hydrogens (primary N) is 1. The summed E-state index contributed by atoms with van der Waals surface area (Å²) in [5.74, 6) is 0.768. The standard InChI is InChI=1S/C13H24N2/c1-10(2)6-8-15-11(3)9-13(5-7-14)12(15)4/h9-10H,5-8,14H2,1-4H3. The molecule has 0 amide bonds. The lowest BCUT2D eigenvalue weighted by Gasteiger charge is -2.11. The van der Waals surface area contributed by atoms with Crippen LogP contribution < -0.4 is 5.73 Å². The summed E-state index contributed by atoms with van der Waals surface area (Å²) in [4.78, 5) is 0. The largest absolute Gasteiger partial charge is 0.349 e. The molecule has 0 aromatic carbocycles. The maximum Gasteiger partial charge on any atom is 0.0227 e. The van der Waals surface area contributed by atoms with Gasteiger partial charge >= 0.3 is 0 Å². The minimum absolute atomic E-state index is 0.745. The van der Waals surface area contributed by atoms with Crippen LogP contribution in [0.25, 0.3) is 0 Å². The Morgan fingerprint density at radius 3 is 2.53 bits per heavy atom. The fraction of sp³-hybridized carbons (Fsp3) is 0.692. The van der Waals surface area contributed by atoms with Crippen molar-refractivity contribution in [3.63, 3.8) is 0 Å². The maximum atomic E-state index is 5.60. The first-order valence-electron chi connectivity index (χ1n) is 5.92. The monoisotopic (exact) mass is 208 g/mol. The number of aromatic nitrogens is 1. The van der Waals surface area contributed by atoms with E-state index in [1.165, 1.54) is 23.4 Å². The molecule has 0 unspecified atom stereocenters. The Labute approximate surface area is 93.5 Å². The molecule has 0 spiro atoms. The zero-order valence-corrected chi connectivity index (χ0v) is 10.5. The maximum absolute atomic E-state index is 5.60. The molecule has 0 aliphatic heterocycles. The molecule has 2 heteroatoms. The molecule has 0 radical (unpaired) electrons. The molecule has 0 aliphatic rings. The van der Waals surface area contributed by atoms with Gasteiger partial charge in [0.25, 0.3) is 0 Å². The zero-order valence-electron chi connectivity index (χ0n) is 10.5. The Kier molecular flexibility index (Phi) is 4.40. The van der Waals surface area contributed by atoms with Crippen molar-refractivity contribution in [2.75, 3.05) is 6.54 Å². The van der Waals surface area contributed by atoms with E-state index in [0.29, 0.717) is 0 Å². The van der Waals surface area contributed by atoms with E-state index in [9.17, 15) is 0 Å². The van der Waals surface area contributed by atoms with Gasteiger partial charge in [0.1, 0.15) is 0 Å². The van der Waals surface area contributed by atoms with Crippen LogP contribution in [-0.2, 0) is 13.0 Å².